The van der Waals surface area contributed by atoms with Crippen molar-refractivity contribution in [2.45, 2.75) is 40.0 Å². The maximum atomic E-state index is 11.3. The molecule has 1 aromatic rings. The van der Waals surface area contributed by atoms with E-state index >= 15 is 0 Å². The van der Waals surface area contributed by atoms with E-state index in [0.29, 0.717) is 0 Å². The Morgan fingerprint density at radius 3 is 2.07 bits per heavy atom. The summed E-state index contributed by atoms with van der Waals surface area (Å²) in [5.74, 6) is -0.377. The summed E-state index contributed by atoms with van der Waals surface area (Å²) in [5, 5.41) is 0. The lowest BCUT2D eigenvalue weighted by Gasteiger charge is -2.18. The SMILES string of the molecule is CCC(C(N)=O)c1c(C)cc(C)cc1C. The molecule has 0 aliphatic heterocycles. The van der Waals surface area contributed by atoms with Gasteiger partial charge in [-0.3, -0.25) is 4.79 Å². The van der Waals surface area contributed by atoms with Crippen LogP contribution in [0.15, 0.2) is 12.1 Å². The first-order valence-corrected chi connectivity index (χ1v) is 5.34. The van der Waals surface area contributed by atoms with Crippen LogP contribution < -0.4 is 5.73 Å². The first kappa shape index (κ1) is 11.8. The van der Waals surface area contributed by atoms with Gasteiger partial charge in [0.1, 0.15) is 0 Å². The molecule has 0 spiro atoms. The summed E-state index contributed by atoms with van der Waals surface area (Å²) in [5.41, 5.74) is 10.1. The molecule has 1 aromatic carbocycles. The Morgan fingerprint density at radius 1 is 1.27 bits per heavy atom. The molecular weight excluding hydrogens is 186 g/mol. The van der Waals surface area contributed by atoms with Crippen LogP contribution in [0.25, 0.3) is 0 Å². The second-order valence-corrected chi connectivity index (χ2v) is 4.18. The molecule has 0 aliphatic carbocycles. The number of hydrogen-bond acceptors (Lipinski definition) is 1. The van der Waals surface area contributed by atoms with Crippen molar-refractivity contribution in [2.75, 3.05) is 0 Å². The highest BCUT2D eigenvalue weighted by Crippen LogP contribution is 2.27. The van der Waals surface area contributed by atoms with Crippen molar-refractivity contribution in [1.82, 2.24) is 0 Å². The molecule has 0 heterocycles. The zero-order valence-electron chi connectivity index (χ0n) is 9.92. The summed E-state index contributed by atoms with van der Waals surface area (Å²) in [7, 11) is 0. The molecule has 0 aliphatic rings. The molecule has 1 atom stereocenters. The fraction of sp³-hybridized carbons (Fsp3) is 0.462. The van der Waals surface area contributed by atoms with E-state index in [1.54, 1.807) is 0 Å². The molecule has 82 valence electrons. The van der Waals surface area contributed by atoms with Gasteiger partial charge in [-0.15, -0.1) is 0 Å². The summed E-state index contributed by atoms with van der Waals surface area (Å²) in [6, 6.07) is 4.21. The smallest absolute Gasteiger partial charge is 0.224 e. The van der Waals surface area contributed by atoms with Gasteiger partial charge in [0.2, 0.25) is 5.91 Å². The highest BCUT2D eigenvalue weighted by Gasteiger charge is 2.19. The van der Waals surface area contributed by atoms with Gasteiger partial charge >= 0.3 is 0 Å². The standard InChI is InChI=1S/C13H19NO/c1-5-11(13(14)15)12-9(3)6-8(2)7-10(12)4/h6-7,11H,5H2,1-4H3,(H2,14,15). The molecule has 0 saturated carbocycles. The summed E-state index contributed by atoms with van der Waals surface area (Å²) >= 11 is 0. The Bertz CT molecular complexity index is 359. The molecule has 1 amide bonds. The van der Waals surface area contributed by atoms with Crippen LogP contribution >= 0.6 is 0 Å². The minimum atomic E-state index is -0.229. The summed E-state index contributed by atoms with van der Waals surface area (Å²) < 4.78 is 0. The first-order valence-electron chi connectivity index (χ1n) is 5.34. The number of aryl methyl sites for hydroxylation is 3. The number of nitrogens with two attached hydrogens (primary N) is 1. The first-order chi connectivity index (χ1) is 6.97. The van der Waals surface area contributed by atoms with Gasteiger partial charge in [-0.1, -0.05) is 24.6 Å². The van der Waals surface area contributed by atoms with Crippen LogP contribution in [0, 0.1) is 20.8 Å². The quantitative estimate of drug-likeness (QED) is 0.809. The zero-order valence-corrected chi connectivity index (χ0v) is 9.92. The molecule has 0 fully saturated rings. The van der Waals surface area contributed by atoms with Crippen molar-refractivity contribution in [3.63, 3.8) is 0 Å². The maximum absolute atomic E-state index is 11.3. The molecule has 0 aromatic heterocycles. The average molecular weight is 205 g/mol. The van der Waals surface area contributed by atoms with Crippen LogP contribution in [0.3, 0.4) is 0 Å². The van der Waals surface area contributed by atoms with Gasteiger partial charge in [0, 0.05) is 0 Å². The highest BCUT2D eigenvalue weighted by molar-refractivity contribution is 5.82. The highest BCUT2D eigenvalue weighted by atomic mass is 16.1. The lowest BCUT2D eigenvalue weighted by atomic mass is 9.87. The predicted molar refractivity (Wildman–Crippen MR) is 62.9 cm³/mol. The normalized spacial score (nSPS) is 12.5. The van der Waals surface area contributed by atoms with Crippen LogP contribution in [0.5, 0.6) is 0 Å². The second-order valence-electron chi connectivity index (χ2n) is 4.18. The summed E-state index contributed by atoms with van der Waals surface area (Å²) in [6.45, 7) is 8.14. The Kier molecular flexibility index (Phi) is 3.51. The fourth-order valence-corrected chi connectivity index (χ4v) is 2.29. The van der Waals surface area contributed by atoms with Gasteiger partial charge in [0.05, 0.1) is 5.92 Å². The number of carbonyl (C=O) groups is 1. The van der Waals surface area contributed by atoms with E-state index in [4.69, 9.17) is 5.73 Å². The van der Waals surface area contributed by atoms with Crippen LogP contribution in [0.4, 0.5) is 0 Å². The molecule has 1 unspecified atom stereocenters. The van der Waals surface area contributed by atoms with E-state index in [9.17, 15) is 4.79 Å². The van der Waals surface area contributed by atoms with Crippen LogP contribution in [-0.4, -0.2) is 5.91 Å². The number of hydrogen-bond donors (Lipinski definition) is 1. The van der Waals surface area contributed by atoms with E-state index in [2.05, 4.69) is 19.1 Å². The zero-order chi connectivity index (χ0) is 11.6. The summed E-state index contributed by atoms with van der Waals surface area (Å²) in [4.78, 5) is 11.3. The third kappa shape index (κ3) is 2.38. The van der Waals surface area contributed by atoms with Crippen LogP contribution in [0.2, 0.25) is 0 Å². The Morgan fingerprint density at radius 2 is 1.73 bits per heavy atom. The van der Waals surface area contributed by atoms with Crippen LogP contribution in [-0.2, 0) is 4.79 Å². The molecule has 2 heteroatoms. The van der Waals surface area contributed by atoms with Crippen molar-refractivity contribution < 1.29 is 4.79 Å². The largest absolute Gasteiger partial charge is 0.369 e. The minimum absolute atomic E-state index is 0.148. The number of primary amides is 1. The lowest BCUT2D eigenvalue weighted by Crippen LogP contribution is -2.22. The molecule has 2 nitrogen and oxygen atoms in total. The Labute approximate surface area is 91.5 Å². The lowest BCUT2D eigenvalue weighted by molar-refractivity contribution is -0.119. The van der Waals surface area contributed by atoms with E-state index in [-0.39, 0.29) is 11.8 Å². The fourth-order valence-electron chi connectivity index (χ4n) is 2.29. The van der Waals surface area contributed by atoms with Gasteiger partial charge in [0.25, 0.3) is 0 Å². The molecular formula is C13H19NO. The number of amides is 1. The third-order valence-electron chi connectivity index (χ3n) is 2.84. The molecule has 0 radical (unpaired) electrons. The Hall–Kier alpha value is -1.31. The predicted octanol–water partition coefficient (Wildman–Crippen LogP) is 2.59. The van der Waals surface area contributed by atoms with E-state index in [1.165, 1.54) is 5.56 Å². The monoisotopic (exact) mass is 205 g/mol. The summed E-state index contributed by atoms with van der Waals surface area (Å²) in [6.07, 6.45) is 0.764. The van der Waals surface area contributed by atoms with Crippen molar-refractivity contribution in [1.29, 1.82) is 0 Å². The molecule has 15 heavy (non-hydrogen) atoms. The third-order valence-corrected chi connectivity index (χ3v) is 2.84. The van der Waals surface area contributed by atoms with Gasteiger partial charge in [-0.05, 0) is 43.9 Å². The molecule has 0 bridgehead atoms. The van der Waals surface area contributed by atoms with E-state index in [0.717, 1.165) is 23.1 Å². The minimum Gasteiger partial charge on any atom is -0.369 e. The number of benzene rings is 1. The van der Waals surface area contributed by atoms with Crippen molar-refractivity contribution in [3.05, 3.63) is 34.4 Å². The van der Waals surface area contributed by atoms with Crippen molar-refractivity contribution in [3.8, 4) is 0 Å². The van der Waals surface area contributed by atoms with E-state index in [1.807, 2.05) is 20.8 Å². The average Bonchev–Trinajstić information content (AvgIpc) is 2.09. The van der Waals surface area contributed by atoms with Gasteiger partial charge in [0.15, 0.2) is 0 Å². The molecule has 0 saturated heterocycles. The number of carbonyl (C=O) groups excluding carboxylic acids is 1. The Balaban J connectivity index is 3.29. The van der Waals surface area contributed by atoms with Crippen molar-refractivity contribution >= 4 is 5.91 Å². The molecule has 2 N–H and O–H groups in total. The topological polar surface area (TPSA) is 43.1 Å². The van der Waals surface area contributed by atoms with Gasteiger partial charge in [-0.2, -0.15) is 0 Å². The second kappa shape index (κ2) is 4.47. The van der Waals surface area contributed by atoms with E-state index < -0.39 is 0 Å². The number of rotatable bonds is 3. The van der Waals surface area contributed by atoms with Crippen molar-refractivity contribution in [2.24, 2.45) is 5.73 Å². The van der Waals surface area contributed by atoms with Crippen LogP contribution in [0.1, 0.15) is 41.5 Å². The maximum Gasteiger partial charge on any atom is 0.224 e. The van der Waals surface area contributed by atoms with Gasteiger partial charge in [-0.25, -0.2) is 0 Å². The van der Waals surface area contributed by atoms with Gasteiger partial charge < -0.3 is 5.73 Å². The molecule has 1 rings (SSSR count).